The minimum atomic E-state index is 1.08. The minimum absolute atomic E-state index is 1.08. The van der Waals surface area contributed by atoms with Gasteiger partial charge in [0.15, 0.2) is 0 Å². The quantitative estimate of drug-likeness (QED) is 0.527. The highest BCUT2D eigenvalue weighted by Gasteiger charge is 2.03. The monoisotopic (exact) mass is 258 g/mol. The molecule has 20 heavy (non-hydrogen) atoms. The van der Waals surface area contributed by atoms with Gasteiger partial charge in [-0.05, 0) is 59.2 Å². The van der Waals surface area contributed by atoms with Crippen LogP contribution in [0.3, 0.4) is 0 Å². The predicted molar refractivity (Wildman–Crippen MR) is 83.8 cm³/mol. The summed E-state index contributed by atoms with van der Waals surface area (Å²) >= 11 is 0. The van der Waals surface area contributed by atoms with Crippen molar-refractivity contribution in [3.63, 3.8) is 0 Å². The number of nitrogens with zero attached hydrogens (tertiary/aromatic N) is 1. The summed E-state index contributed by atoms with van der Waals surface area (Å²) in [7, 11) is 0. The van der Waals surface area contributed by atoms with Gasteiger partial charge in [0.05, 0.1) is 0 Å². The van der Waals surface area contributed by atoms with Crippen molar-refractivity contribution < 1.29 is 0 Å². The molecular weight excluding hydrogens is 244 g/mol. The van der Waals surface area contributed by atoms with Crippen molar-refractivity contribution in [1.82, 2.24) is 9.97 Å². The van der Waals surface area contributed by atoms with Crippen molar-refractivity contribution in [2.45, 2.75) is 6.92 Å². The van der Waals surface area contributed by atoms with E-state index in [2.05, 4.69) is 65.4 Å². The molecule has 2 heteroatoms. The Morgan fingerprint density at radius 2 is 1.70 bits per heavy atom. The molecule has 0 bridgehead atoms. The Kier molecular flexibility index (Phi) is 2.36. The molecule has 2 heterocycles. The van der Waals surface area contributed by atoms with Gasteiger partial charge in [-0.25, -0.2) is 0 Å². The van der Waals surface area contributed by atoms with Crippen LogP contribution in [0.15, 0.2) is 60.9 Å². The Labute approximate surface area is 117 Å². The van der Waals surface area contributed by atoms with Crippen LogP contribution in [-0.2, 0) is 0 Å². The molecule has 0 radical (unpaired) electrons. The lowest BCUT2D eigenvalue weighted by Crippen LogP contribution is -1.85. The first kappa shape index (κ1) is 11.2. The van der Waals surface area contributed by atoms with Gasteiger partial charge >= 0.3 is 0 Å². The minimum Gasteiger partial charge on any atom is -0.361 e. The Morgan fingerprint density at radius 1 is 0.850 bits per heavy atom. The van der Waals surface area contributed by atoms with Crippen molar-refractivity contribution in [2.24, 2.45) is 0 Å². The van der Waals surface area contributed by atoms with Crippen molar-refractivity contribution in [2.75, 3.05) is 0 Å². The molecule has 4 rings (SSSR count). The van der Waals surface area contributed by atoms with E-state index < -0.39 is 0 Å². The van der Waals surface area contributed by atoms with Crippen LogP contribution in [0, 0.1) is 6.92 Å². The molecule has 0 spiro atoms. The van der Waals surface area contributed by atoms with Gasteiger partial charge in [-0.1, -0.05) is 18.2 Å². The first-order valence-electron chi connectivity index (χ1n) is 6.74. The average Bonchev–Trinajstić information content (AvgIpc) is 2.95. The molecule has 1 N–H and O–H groups in total. The number of rotatable bonds is 1. The molecule has 0 fully saturated rings. The van der Waals surface area contributed by atoms with E-state index >= 15 is 0 Å². The molecule has 2 nitrogen and oxygen atoms in total. The van der Waals surface area contributed by atoms with Gasteiger partial charge in [0, 0.05) is 29.0 Å². The Bertz CT molecular complexity index is 919. The van der Waals surface area contributed by atoms with Crippen LogP contribution in [0.2, 0.25) is 0 Å². The summed E-state index contributed by atoms with van der Waals surface area (Å²) in [5.41, 5.74) is 4.72. The summed E-state index contributed by atoms with van der Waals surface area (Å²) in [6, 6.07) is 17.2. The number of nitrogens with one attached hydrogen (secondary N) is 1. The Morgan fingerprint density at radius 3 is 2.65 bits per heavy atom. The van der Waals surface area contributed by atoms with E-state index in [9.17, 15) is 0 Å². The van der Waals surface area contributed by atoms with Crippen molar-refractivity contribution in [1.29, 1.82) is 0 Å². The van der Waals surface area contributed by atoms with Gasteiger partial charge in [0.2, 0.25) is 0 Å². The smallest absolute Gasteiger partial charge is 0.0454 e. The van der Waals surface area contributed by atoms with E-state index in [4.69, 9.17) is 0 Å². The summed E-state index contributed by atoms with van der Waals surface area (Å²) < 4.78 is 0. The summed E-state index contributed by atoms with van der Waals surface area (Å²) in [4.78, 5) is 7.61. The number of aromatic amines is 1. The molecule has 0 saturated carbocycles. The molecule has 0 saturated heterocycles. The molecule has 0 aliphatic heterocycles. The molecular formula is C18H14N2. The maximum atomic E-state index is 4.38. The van der Waals surface area contributed by atoms with Gasteiger partial charge in [-0.3, -0.25) is 4.98 Å². The zero-order chi connectivity index (χ0) is 13.5. The van der Waals surface area contributed by atoms with Crippen LogP contribution < -0.4 is 0 Å². The average molecular weight is 258 g/mol. The number of H-pyrrole nitrogens is 1. The van der Waals surface area contributed by atoms with E-state index in [1.54, 1.807) is 0 Å². The van der Waals surface area contributed by atoms with E-state index in [-0.39, 0.29) is 0 Å². The van der Waals surface area contributed by atoms with Crippen LogP contribution in [0.1, 0.15) is 5.69 Å². The molecule has 96 valence electrons. The number of pyridine rings is 1. The summed E-state index contributed by atoms with van der Waals surface area (Å²) in [6.45, 7) is 2.06. The summed E-state index contributed by atoms with van der Waals surface area (Å²) in [6.07, 6.45) is 3.84. The van der Waals surface area contributed by atoms with E-state index in [1.165, 1.54) is 32.8 Å². The zero-order valence-electron chi connectivity index (χ0n) is 11.2. The van der Waals surface area contributed by atoms with E-state index in [0.29, 0.717) is 0 Å². The van der Waals surface area contributed by atoms with Gasteiger partial charge in [0.1, 0.15) is 0 Å². The zero-order valence-corrected chi connectivity index (χ0v) is 11.2. The first-order valence-corrected chi connectivity index (χ1v) is 6.74. The van der Waals surface area contributed by atoms with Crippen LogP contribution in [0.5, 0.6) is 0 Å². The first-order chi connectivity index (χ1) is 9.81. The fourth-order valence-corrected chi connectivity index (χ4v) is 2.73. The molecule has 0 atom stereocenters. The molecule has 4 aromatic rings. The number of aryl methyl sites for hydroxylation is 1. The molecule has 0 amide bonds. The third-order valence-electron chi connectivity index (χ3n) is 3.85. The second-order valence-electron chi connectivity index (χ2n) is 5.11. The SMILES string of the molecule is Cc1nccc2ccc(-c3ccc4[nH]ccc4c3)cc12. The van der Waals surface area contributed by atoms with Crippen LogP contribution in [0.4, 0.5) is 0 Å². The van der Waals surface area contributed by atoms with Crippen LogP contribution >= 0.6 is 0 Å². The lowest BCUT2D eigenvalue weighted by atomic mass is 10.00. The fourth-order valence-electron chi connectivity index (χ4n) is 2.73. The van der Waals surface area contributed by atoms with Crippen molar-refractivity contribution >= 4 is 21.7 Å². The maximum Gasteiger partial charge on any atom is 0.0454 e. The third kappa shape index (κ3) is 1.69. The maximum absolute atomic E-state index is 4.38. The number of fused-ring (bicyclic) bond motifs is 2. The molecule has 0 aliphatic rings. The highest BCUT2D eigenvalue weighted by molar-refractivity contribution is 5.91. The Balaban J connectivity index is 1.94. The number of benzene rings is 2. The highest BCUT2D eigenvalue weighted by atomic mass is 14.7. The third-order valence-corrected chi connectivity index (χ3v) is 3.85. The molecule has 2 aromatic carbocycles. The summed E-state index contributed by atoms with van der Waals surface area (Å²) in [5.74, 6) is 0. The van der Waals surface area contributed by atoms with Gasteiger partial charge < -0.3 is 4.98 Å². The fraction of sp³-hybridized carbons (Fsp3) is 0.0556. The van der Waals surface area contributed by atoms with Gasteiger partial charge in [0.25, 0.3) is 0 Å². The van der Waals surface area contributed by atoms with Gasteiger partial charge in [-0.15, -0.1) is 0 Å². The molecule has 0 unspecified atom stereocenters. The lowest BCUT2D eigenvalue weighted by Gasteiger charge is -2.06. The number of hydrogen-bond donors (Lipinski definition) is 1. The lowest BCUT2D eigenvalue weighted by molar-refractivity contribution is 1.24. The normalized spacial score (nSPS) is 11.2. The number of aromatic nitrogens is 2. The van der Waals surface area contributed by atoms with Crippen LogP contribution in [0.25, 0.3) is 32.8 Å². The van der Waals surface area contributed by atoms with E-state index in [0.717, 1.165) is 5.69 Å². The standard InChI is InChI=1S/C18H14N2/c1-12-17-11-15(3-2-13(17)6-8-19-12)14-4-5-18-16(10-14)7-9-20-18/h2-11,20H,1H3. The second-order valence-corrected chi connectivity index (χ2v) is 5.11. The van der Waals surface area contributed by atoms with Gasteiger partial charge in [-0.2, -0.15) is 0 Å². The second kappa shape index (κ2) is 4.20. The van der Waals surface area contributed by atoms with Crippen LogP contribution in [-0.4, -0.2) is 9.97 Å². The Hall–Kier alpha value is -2.61. The topological polar surface area (TPSA) is 28.7 Å². The largest absolute Gasteiger partial charge is 0.361 e. The predicted octanol–water partition coefficient (Wildman–Crippen LogP) is 4.69. The number of hydrogen-bond acceptors (Lipinski definition) is 1. The van der Waals surface area contributed by atoms with Crippen molar-refractivity contribution in [3.05, 3.63) is 66.6 Å². The summed E-state index contributed by atoms with van der Waals surface area (Å²) in [5, 5.41) is 3.70. The van der Waals surface area contributed by atoms with E-state index in [1.807, 2.05) is 12.4 Å². The highest BCUT2D eigenvalue weighted by Crippen LogP contribution is 2.27. The molecule has 2 aromatic heterocycles. The molecule has 0 aliphatic carbocycles. The van der Waals surface area contributed by atoms with Crippen molar-refractivity contribution in [3.8, 4) is 11.1 Å².